The lowest BCUT2D eigenvalue weighted by atomic mass is 9.87. The number of aliphatic carboxylic acids is 1. The molecule has 14 heavy (non-hydrogen) atoms. The van der Waals surface area contributed by atoms with E-state index in [0.717, 1.165) is 19.3 Å². The number of rotatable bonds is 5. The Kier molecular flexibility index (Phi) is 3.69. The second kappa shape index (κ2) is 4.60. The third kappa shape index (κ3) is 3.14. The van der Waals surface area contributed by atoms with Gasteiger partial charge in [0.15, 0.2) is 0 Å². The molecule has 2 nitrogen and oxygen atoms in total. The number of aryl methyl sites for hydroxylation is 1. The van der Waals surface area contributed by atoms with Gasteiger partial charge in [-0.15, -0.1) is 0 Å². The Morgan fingerprint density at radius 1 is 1.57 bits per heavy atom. The number of thiophene rings is 1. The van der Waals surface area contributed by atoms with Crippen molar-refractivity contribution in [2.75, 3.05) is 0 Å². The topological polar surface area (TPSA) is 37.3 Å². The van der Waals surface area contributed by atoms with Crippen LogP contribution < -0.4 is 0 Å². The molecule has 1 aromatic rings. The molecule has 0 saturated carbocycles. The van der Waals surface area contributed by atoms with Crippen molar-refractivity contribution in [1.29, 1.82) is 0 Å². The molecular weight excluding hydrogens is 196 g/mol. The summed E-state index contributed by atoms with van der Waals surface area (Å²) < 4.78 is 0. The zero-order chi connectivity index (χ0) is 10.6. The molecule has 1 rings (SSSR count). The molecule has 0 atom stereocenters. The molecule has 1 N–H and O–H groups in total. The van der Waals surface area contributed by atoms with E-state index in [-0.39, 0.29) is 0 Å². The predicted octanol–water partition coefficient (Wildman–Crippen LogP) is 3.18. The first-order valence-corrected chi connectivity index (χ1v) is 5.71. The van der Waals surface area contributed by atoms with E-state index < -0.39 is 11.4 Å². The molecule has 0 aliphatic carbocycles. The van der Waals surface area contributed by atoms with E-state index in [1.54, 1.807) is 25.2 Å². The standard InChI is InChI=1S/C11H16O2S/c1-11(2,10(12)13)6-3-4-9-5-7-14-8-9/h5,7-8H,3-4,6H2,1-2H3,(H,12,13). The molecule has 0 aliphatic heterocycles. The van der Waals surface area contributed by atoms with Crippen LogP contribution in [0.25, 0.3) is 0 Å². The van der Waals surface area contributed by atoms with Gasteiger partial charge in [0.1, 0.15) is 0 Å². The third-order valence-corrected chi connectivity index (χ3v) is 3.16. The molecule has 1 heterocycles. The molecule has 1 aromatic heterocycles. The van der Waals surface area contributed by atoms with Crippen molar-refractivity contribution in [2.45, 2.75) is 33.1 Å². The molecule has 0 bridgehead atoms. The maximum absolute atomic E-state index is 10.8. The van der Waals surface area contributed by atoms with Crippen molar-refractivity contribution in [3.63, 3.8) is 0 Å². The Morgan fingerprint density at radius 2 is 2.29 bits per heavy atom. The fourth-order valence-electron chi connectivity index (χ4n) is 1.28. The minimum atomic E-state index is -0.706. The Morgan fingerprint density at radius 3 is 2.79 bits per heavy atom. The largest absolute Gasteiger partial charge is 0.481 e. The van der Waals surface area contributed by atoms with Crippen LogP contribution in [0, 0.1) is 5.41 Å². The van der Waals surface area contributed by atoms with Gasteiger partial charge in [-0.25, -0.2) is 0 Å². The average Bonchev–Trinajstić information content (AvgIpc) is 2.56. The molecule has 0 saturated heterocycles. The van der Waals surface area contributed by atoms with Gasteiger partial charge in [0, 0.05) is 0 Å². The molecule has 0 radical (unpaired) electrons. The van der Waals surface area contributed by atoms with Gasteiger partial charge in [0.05, 0.1) is 5.41 Å². The fourth-order valence-corrected chi connectivity index (χ4v) is 1.98. The Hall–Kier alpha value is -0.830. The maximum atomic E-state index is 10.8. The third-order valence-electron chi connectivity index (χ3n) is 2.43. The van der Waals surface area contributed by atoms with Gasteiger partial charge in [0.25, 0.3) is 0 Å². The summed E-state index contributed by atoms with van der Waals surface area (Å²) in [5.74, 6) is -0.706. The molecular formula is C11H16O2S. The number of hydrogen-bond donors (Lipinski definition) is 1. The summed E-state index contributed by atoms with van der Waals surface area (Å²) in [7, 11) is 0. The molecule has 0 fully saturated rings. The lowest BCUT2D eigenvalue weighted by Gasteiger charge is -2.18. The van der Waals surface area contributed by atoms with Crippen LogP contribution in [0.3, 0.4) is 0 Å². The highest BCUT2D eigenvalue weighted by atomic mass is 32.1. The highest BCUT2D eigenvalue weighted by Crippen LogP contribution is 2.23. The van der Waals surface area contributed by atoms with E-state index in [4.69, 9.17) is 5.11 Å². The van der Waals surface area contributed by atoms with Crippen molar-refractivity contribution < 1.29 is 9.90 Å². The summed E-state index contributed by atoms with van der Waals surface area (Å²) in [6.07, 6.45) is 2.66. The van der Waals surface area contributed by atoms with Gasteiger partial charge in [-0.05, 0) is 55.5 Å². The van der Waals surface area contributed by atoms with Gasteiger partial charge >= 0.3 is 5.97 Å². The van der Waals surface area contributed by atoms with Crippen LogP contribution >= 0.6 is 11.3 Å². The van der Waals surface area contributed by atoms with E-state index in [9.17, 15) is 4.79 Å². The fraction of sp³-hybridized carbons (Fsp3) is 0.545. The quantitative estimate of drug-likeness (QED) is 0.814. The van der Waals surface area contributed by atoms with Crippen molar-refractivity contribution in [3.8, 4) is 0 Å². The first-order valence-electron chi connectivity index (χ1n) is 4.77. The van der Waals surface area contributed by atoms with Crippen LogP contribution in [-0.4, -0.2) is 11.1 Å². The van der Waals surface area contributed by atoms with Crippen LogP contribution in [-0.2, 0) is 11.2 Å². The normalized spacial score (nSPS) is 11.6. The van der Waals surface area contributed by atoms with E-state index >= 15 is 0 Å². The Balaban J connectivity index is 2.31. The molecule has 3 heteroatoms. The summed E-state index contributed by atoms with van der Waals surface area (Å²) in [5, 5.41) is 13.1. The molecule has 0 aliphatic rings. The summed E-state index contributed by atoms with van der Waals surface area (Å²) in [4.78, 5) is 10.8. The van der Waals surface area contributed by atoms with Crippen LogP contribution in [0.4, 0.5) is 0 Å². The van der Waals surface area contributed by atoms with Crippen molar-refractivity contribution in [3.05, 3.63) is 22.4 Å². The van der Waals surface area contributed by atoms with E-state index in [0.29, 0.717) is 0 Å². The Labute approximate surface area is 88.6 Å². The average molecular weight is 212 g/mol. The minimum absolute atomic E-state index is 0.587. The van der Waals surface area contributed by atoms with Crippen molar-refractivity contribution >= 4 is 17.3 Å². The maximum Gasteiger partial charge on any atom is 0.309 e. The van der Waals surface area contributed by atoms with Crippen LogP contribution in [0.5, 0.6) is 0 Å². The highest BCUT2D eigenvalue weighted by Gasteiger charge is 2.25. The van der Waals surface area contributed by atoms with E-state index in [1.165, 1.54) is 5.56 Å². The Bertz CT molecular complexity index is 288. The van der Waals surface area contributed by atoms with Gasteiger partial charge in [-0.3, -0.25) is 4.79 Å². The molecule has 78 valence electrons. The van der Waals surface area contributed by atoms with Gasteiger partial charge in [-0.2, -0.15) is 11.3 Å². The first-order chi connectivity index (χ1) is 6.52. The summed E-state index contributed by atoms with van der Waals surface area (Å²) >= 11 is 1.69. The highest BCUT2D eigenvalue weighted by molar-refractivity contribution is 7.07. The molecule has 0 spiro atoms. The number of carboxylic acid groups (broad SMARTS) is 1. The van der Waals surface area contributed by atoms with Crippen molar-refractivity contribution in [1.82, 2.24) is 0 Å². The monoisotopic (exact) mass is 212 g/mol. The van der Waals surface area contributed by atoms with Gasteiger partial charge < -0.3 is 5.11 Å². The van der Waals surface area contributed by atoms with E-state index in [2.05, 4.69) is 16.8 Å². The number of carbonyl (C=O) groups is 1. The zero-order valence-electron chi connectivity index (χ0n) is 8.62. The summed E-state index contributed by atoms with van der Waals surface area (Å²) in [6, 6.07) is 2.10. The summed E-state index contributed by atoms with van der Waals surface area (Å²) in [6.45, 7) is 3.56. The summed E-state index contributed by atoms with van der Waals surface area (Å²) in [5.41, 5.74) is 0.729. The lowest BCUT2D eigenvalue weighted by molar-refractivity contribution is -0.147. The lowest BCUT2D eigenvalue weighted by Crippen LogP contribution is -2.23. The van der Waals surface area contributed by atoms with E-state index in [1.807, 2.05) is 0 Å². The predicted molar refractivity (Wildman–Crippen MR) is 58.7 cm³/mol. The van der Waals surface area contributed by atoms with Gasteiger partial charge in [0.2, 0.25) is 0 Å². The van der Waals surface area contributed by atoms with Crippen LogP contribution in [0.2, 0.25) is 0 Å². The first kappa shape index (κ1) is 11.2. The second-order valence-electron chi connectivity index (χ2n) is 4.17. The molecule has 0 amide bonds. The van der Waals surface area contributed by atoms with Crippen LogP contribution in [0.1, 0.15) is 32.3 Å². The minimum Gasteiger partial charge on any atom is -0.481 e. The van der Waals surface area contributed by atoms with Crippen LogP contribution in [0.15, 0.2) is 16.8 Å². The molecule has 0 aromatic carbocycles. The van der Waals surface area contributed by atoms with Crippen molar-refractivity contribution in [2.24, 2.45) is 5.41 Å². The SMILES string of the molecule is CC(C)(CCCc1ccsc1)C(=O)O. The smallest absolute Gasteiger partial charge is 0.309 e. The van der Waals surface area contributed by atoms with Gasteiger partial charge in [-0.1, -0.05) is 0 Å². The number of hydrogen-bond acceptors (Lipinski definition) is 2. The second-order valence-corrected chi connectivity index (χ2v) is 4.95. The zero-order valence-corrected chi connectivity index (χ0v) is 9.43. The number of carboxylic acids is 1. The molecule has 0 unspecified atom stereocenters.